The number of rotatable bonds is 4. The molecule has 0 bridgehead atoms. The van der Waals surface area contributed by atoms with Crippen molar-refractivity contribution in [2.75, 3.05) is 0 Å². The van der Waals surface area contributed by atoms with Gasteiger partial charge in [-0.25, -0.2) is 4.79 Å². The highest BCUT2D eigenvalue weighted by atomic mass is 79.9. The summed E-state index contributed by atoms with van der Waals surface area (Å²) in [5.74, 6) is 0.908. The smallest absolute Gasteiger partial charge is 0.407 e. The molecule has 6 heteroatoms. The van der Waals surface area contributed by atoms with Gasteiger partial charge in [0.1, 0.15) is 11.4 Å². The van der Waals surface area contributed by atoms with Crippen LogP contribution in [0.4, 0.5) is 4.79 Å². The third kappa shape index (κ3) is 5.04. The quantitative estimate of drug-likeness (QED) is 0.860. The average Bonchev–Trinajstić information content (AvgIpc) is 2.70. The molecule has 0 saturated heterocycles. The van der Waals surface area contributed by atoms with Crippen molar-refractivity contribution < 1.29 is 13.9 Å². The molecule has 1 aromatic heterocycles. The highest BCUT2D eigenvalue weighted by Gasteiger charge is 2.32. The number of nitrogens with one attached hydrogen (secondary N) is 2. The molecular formula is C15H23BrN2O3. The van der Waals surface area contributed by atoms with Crippen LogP contribution < -0.4 is 10.6 Å². The van der Waals surface area contributed by atoms with Gasteiger partial charge in [-0.3, -0.25) is 0 Å². The zero-order chi connectivity index (χ0) is 15.6. The zero-order valence-electron chi connectivity index (χ0n) is 12.9. The van der Waals surface area contributed by atoms with Crippen LogP contribution in [0.5, 0.6) is 0 Å². The topological polar surface area (TPSA) is 63.5 Å². The van der Waals surface area contributed by atoms with Crippen LogP contribution in [0, 0.1) is 0 Å². The zero-order valence-corrected chi connectivity index (χ0v) is 14.5. The Balaban J connectivity index is 1.68. The Morgan fingerprint density at radius 1 is 1.38 bits per heavy atom. The van der Waals surface area contributed by atoms with Gasteiger partial charge in [0.15, 0.2) is 4.67 Å². The maximum atomic E-state index is 11.6. The fourth-order valence-corrected chi connectivity index (χ4v) is 2.66. The lowest BCUT2D eigenvalue weighted by Crippen LogP contribution is -2.53. The maximum absolute atomic E-state index is 11.6. The largest absolute Gasteiger partial charge is 0.453 e. The third-order valence-electron chi connectivity index (χ3n) is 3.37. The normalized spacial score (nSPS) is 23.3. The molecule has 2 rings (SSSR count). The van der Waals surface area contributed by atoms with Gasteiger partial charge in [-0.1, -0.05) is 0 Å². The van der Waals surface area contributed by atoms with Crippen molar-refractivity contribution in [2.24, 2.45) is 0 Å². The fraction of sp³-hybridized carbons (Fsp3) is 0.667. The maximum Gasteiger partial charge on any atom is 0.407 e. The molecule has 1 fully saturated rings. The average molecular weight is 359 g/mol. The van der Waals surface area contributed by atoms with E-state index in [1.54, 1.807) is 0 Å². The number of carbonyl (C=O) groups excluding carboxylic acids is 1. The minimum absolute atomic E-state index is 0.156. The van der Waals surface area contributed by atoms with Crippen LogP contribution in [-0.2, 0) is 4.74 Å². The Morgan fingerprint density at radius 2 is 2.05 bits per heavy atom. The van der Waals surface area contributed by atoms with Crippen molar-refractivity contribution in [1.29, 1.82) is 0 Å². The molecule has 1 amide bonds. The molecule has 1 unspecified atom stereocenters. The second-order valence-corrected chi connectivity index (χ2v) is 7.32. The van der Waals surface area contributed by atoms with Gasteiger partial charge in [-0.05, 0) is 68.6 Å². The molecule has 0 spiro atoms. The van der Waals surface area contributed by atoms with E-state index in [0.29, 0.717) is 6.04 Å². The summed E-state index contributed by atoms with van der Waals surface area (Å²) in [4.78, 5) is 11.6. The number of hydrogen-bond acceptors (Lipinski definition) is 4. The molecular weight excluding hydrogens is 336 g/mol. The summed E-state index contributed by atoms with van der Waals surface area (Å²) in [6.45, 7) is 7.66. The SMILES string of the molecule is CC(NC1CC(NC(=O)OC(C)(C)C)C1)c1ccc(Br)o1. The first-order valence-corrected chi connectivity index (χ1v) is 8.03. The molecule has 118 valence electrons. The van der Waals surface area contributed by atoms with Crippen LogP contribution in [0.15, 0.2) is 21.2 Å². The molecule has 5 nitrogen and oxygen atoms in total. The molecule has 1 aliphatic rings. The van der Waals surface area contributed by atoms with Crippen LogP contribution in [0.25, 0.3) is 0 Å². The second kappa shape index (κ2) is 6.40. The first-order chi connectivity index (χ1) is 9.73. The Bertz CT molecular complexity index is 489. The van der Waals surface area contributed by atoms with E-state index in [0.717, 1.165) is 23.3 Å². The Labute approximate surface area is 133 Å². The molecule has 0 radical (unpaired) electrons. The lowest BCUT2D eigenvalue weighted by molar-refractivity contribution is 0.0462. The Morgan fingerprint density at radius 3 is 2.57 bits per heavy atom. The van der Waals surface area contributed by atoms with Crippen molar-refractivity contribution in [2.45, 2.75) is 64.3 Å². The summed E-state index contributed by atoms with van der Waals surface area (Å²) < 4.78 is 11.5. The molecule has 0 aromatic carbocycles. The van der Waals surface area contributed by atoms with Crippen LogP contribution in [-0.4, -0.2) is 23.8 Å². The number of halogens is 1. The van der Waals surface area contributed by atoms with Gasteiger partial charge in [0, 0.05) is 12.1 Å². The molecule has 1 heterocycles. The number of furan rings is 1. The van der Waals surface area contributed by atoms with Crippen molar-refractivity contribution in [3.8, 4) is 0 Å². The monoisotopic (exact) mass is 358 g/mol. The van der Waals surface area contributed by atoms with E-state index in [4.69, 9.17) is 9.15 Å². The third-order valence-corrected chi connectivity index (χ3v) is 3.79. The minimum atomic E-state index is -0.452. The molecule has 1 atom stereocenters. The van der Waals surface area contributed by atoms with Crippen molar-refractivity contribution in [1.82, 2.24) is 10.6 Å². The summed E-state index contributed by atoms with van der Waals surface area (Å²) >= 11 is 3.30. The van der Waals surface area contributed by atoms with Gasteiger partial charge in [0.2, 0.25) is 0 Å². The highest BCUT2D eigenvalue weighted by molar-refractivity contribution is 9.10. The van der Waals surface area contributed by atoms with Gasteiger partial charge in [0.05, 0.1) is 6.04 Å². The summed E-state index contributed by atoms with van der Waals surface area (Å²) in [5, 5.41) is 6.38. The molecule has 2 N–H and O–H groups in total. The van der Waals surface area contributed by atoms with E-state index >= 15 is 0 Å². The number of alkyl carbamates (subject to hydrolysis) is 1. The van der Waals surface area contributed by atoms with Crippen molar-refractivity contribution >= 4 is 22.0 Å². The molecule has 21 heavy (non-hydrogen) atoms. The lowest BCUT2D eigenvalue weighted by Gasteiger charge is -2.38. The van der Waals surface area contributed by atoms with E-state index < -0.39 is 5.60 Å². The number of ether oxygens (including phenoxy) is 1. The Hall–Kier alpha value is -1.01. The van der Waals surface area contributed by atoms with E-state index in [2.05, 4.69) is 33.5 Å². The molecule has 1 aliphatic carbocycles. The predicted octanol–water partition coefficient (Wildman–Crippen LogP) is 3.75. The summed E-state index contributed by atoms with van der Waals surface area (Å²) in [7, 11) is 0. The van der Waals surface area contributed by atoms with Crippen molar-refractivity contribution in [3.63, 3.8) is 0 Å². The van der Waals surface area contributed by atoms with Crippen LogP contribution >= 0.6 is 15.9 Å². The van der Waals surface area contributed by atoms with Crippen LogP contribution in [0.2, 0.25) is 0 Å². The molecule has 1 aromatic rings. The first-order valence-electron chi connectivity index (χ1n) is 7.24. The van der Waals surface area contributed by atoms with Crippen LogP contribution in [0.3, 0.4) is 0 Å². The van der Waals surface area contributed by atoms with Gasteiger partial charge in [-0.15, -0.1) is 0 Å². The number of hydrogen-bond donors (Lipinski definition) is 2. The van der Waals surface area contributed by atoms with E-state index in [1.165, 1.54) is 0 Å². The van der Waals surface area contributed by atoms with Crippen LogP contribution in [0.1, 0.15) is 52.3 Å². The lowest BCUT2D eigenvalue weighted by atomic mass is 9.86. The second-order valence-electron chi connectivity index (χ2n) is 6.54. The number of amides is 1. The molecule has 0 aliphatic heterocycles. The predicted molar refractivity (Wildman–Crippen MR) is 84.1 cm³/mol. The van der Waals surface area contributed by atoms with Crippen molar-refractivity contribution in [3.05, 3.63) is 22.6 Å². The van der Waals surface area contributed by atoms with Gasteiger partial charge in [0.25, 0.3) is 0 Å². The fourth-order valence-electron chi connectivity index (χ4n) is 2.34. The minimum Gasteiger partial charge on any atom is -0.453 e. The van der Waals surface area contributed by atoms with E-state index in [9.17, 15) is 4.79 Å². The summed E-state index contributed by atoms with van der Waals surface area (Å²) in [5.41, 5.74) is -0.452. The summed E-state index contributed by atoms with van der Waals surface area (Å²) in [6.07, 6.45) is 1.48. The van der Waals surface area contributed by atoms with Gasteiger partial charge in [-0.2, -0.15) is 0 Å². The Kier molecular flexibility index (Phi) is 4.99. The highest BCUT2D eigenvalue weighted by Crippen LogP contribution is 2.26. The van der Waals surface area contributed by atoms with E-state index in [1.807, 2.05) is 32.9 Å². The molecule has 1 saturated carbocycles. The first kappa shape index (κ1) is 16.4. The standard InChI is InChI=1S/C15H23BrN2O3/c1-9(12-5-6-13(16)20-12)17-10-7-11(8-10)18-14(19)21-15(2,3)4/h5-6,9-11,17H,7-8H2,1-4H3,(H,18,19). The summed E-state index contributed by atoms with van der Waals surface area (Å²) in [6, 6.07) is 4.58. The number of carbonyl (C=O) groups is 1. The van der Waals surface area contributed by atoms with Gasteiger partial charge < -0.3 is 19.8 Å². The van der Waals surface area contributed by atoms with Gasteiger partial charge >= 0.3 is 6.09 Å². The van der Waals surface area contributed by atoms with E-state index in [-0.39, 0.29) is 18.2 Å².